The Balaban J connectivity index is 1.59. The van der Waals surface area contributed by atoms with Crippen molar-refractivity contribution < 1.29 is 22.9 Å². The highest BCUT2D eigenvalue weighted by atomic mass is 32.2. The van der Waals surface area contributed by atoms with Crippen LogP contribution in [0.4, 0.5) is 5.69 Å². The Kier molecular flexibility index (Phi) is 10.5. The van der Waals surface area contributed by atoms with E-state index in [0.717, 1.165) is 51.0 Å². The van der Waals surface area contributed by atoms with E-state index in [-0.39, 0.29) is 17.1 Å². The molecule has 0 amide bonds. The molecule has 7 nitrogen and oxygen atoms in total. The van der Waals surface area contributed by atoms with E-state index in [9.17, 15) is 9.00 Å². The maximum atomic E-state index is 12.5. The maximum Gasteiger partial charge on any atom is 0.310 e. The van der Waals surface area contributed by atoms with Gasteiger partial charge in [0.2, 0.25) is 0 Å². The van der Waals surface area contributed by atoms with Crippen molar-refractivity contribution in [1.29, 1.82) is 0 Å². The molecule has 0 aliphatic rings. The minimum atomic E-state index is -1.16. The molecule has 1 aromatic heterocycles. The van der Waals surface area contributed by atoms with Crippen molar-refractivity contribution >= 4 is 33.6 Å². The van der Waals surface area contributed by atoms with Crippen molar-refractivity contribution in [2.24, 2.45) is 5.92 Å². The summed E-state index contributed by atoms with van der Waals surface area (Å²) in [5, 5.41) is 4.41. The van der Waals surface area contributed by atoms with Crippen molar-refractivity contribution in [1.82, 2.24) is 4.72 Å². The molecule has 224 valence electrons. The van der Waals surface area contributed by atoms with E-state index >= 15 is 0 Å². The van der Waals surface area contributed by atoms with Gasteiger partial charge in [0.05, 0.1) is 35.0 Å². The number of anilines is 1. The lowest BCUT2D eigenvalue weighted by molar-refractivity contribution is -0.142. The highest BCUT2D eigenvalue weighted by Gasteiger charge is 2.19. The molecular formula is C34H42N2O5S. The molecule has 42 heavy (non-hydrogen) atoms. The Morgan fingerprint density at radius 2 is 1.83 bits per heavy atom. The van der Waals surface area contributed by atoms with Gasteiger partial charge < -0.3 is 19.2 Å². The van der Waals surface area contributed by atoms with Gasteiger partial charge in [-0.1, -0.05) is 38.1 Å². The standard InChI is InChI=1S/C34H42N2O5S/c1-7-39-32(37)18-27-11-12-29(35-20-23(2)3)19-31(27)41-22-25-16-28-13-14-40-33(28)30(17-25)26-10-8-9-24(15-26)21-36-42(38)34(4,5)6/h8-17,19,23,35-36H,7,18,20-22H2,1-6H3. The number of ether oxygens (including phenoxy) is 2. The van der Waals surface area contributed by atoms with Gasteiger partial charge in [0.1, 0.15) is 17.9 Å². The Labute approximate surface area is 251 Å². The van der Waals surface area contributed by atoms with Crippen LogP contribution in [0.1, 0.15) is 58.2 Å². The zero-order valence-corrected chi connectivity index (χ0v) is 26.2. The van der Waals surface area contributed by atoms with Gasteiger partial charge >= 0.3 is 5.97 Å². The molecule has 4 rings (SSSR count). The lowest BCUT2D eigenvalue weighted by Crippen LogP contribution is -2.32. The highest BCUT2D eigenvalue weighted by Crippen LogP contribution is 2.33. The first-order chi connectivity index (χ1) is 20.0. The number of carbonyl (C=O) groups excluding carboxylic acids is 1. The normalized spacial score (nSPS) is 12.5. The molecule has 0 saturated carbocycles. The predicted molar refractivity (Wildman–Crippen MR) is 171 cm³/mol. The lowest BCUT2D eigenvalue weighted by Gasteiger charge is -2.18. The fourth-order valence-corrected chi connectivity index (χ4v) is 5.18. The summed E-state index contributed by atoms with van der Waals surface area (Å²) in [5.41, 5.74) is 6.47. The monoisotopic (exact) mass is 590 g/mol. The van der Waals surface area contributed by atoms with Crippen molar-refractivity contribution in [2.75, 3.05) is 18.5 Å². The molecule has 0 radical (unpaired) electrons. The molecule has 2 N–H and O–H groups in total. The number of rotatable bonds is 13. The number of fused-ring (bicyclic) bond motifs is 1. The zero-order chi connectivity index (χ0) is 30.3. The first-order valence-corrected chi connectivity index (χ1v) is 15.6. The number of hydrogen-bond acceptors (Lipinski definition) is 6. The van der Waals surface area contributed by atoms with Crippen LogP contribution in [-0.4, -0.2) is 28.1 Å². The van der Waals surface area contributed by atoms with Gasteiger partial charge in [-0.05, 0) is 80.6 Å². The van der Waals surface area contributed by atoms with Gasteiger partial charge in [-0.3, -0.25) is 4.79 Å². The van der Waals surface area contributed by atoms with E-state index in [1.807, 2.05) is 63.2 Å². The second kappa shape index (κ2) is 14.0. The molecule has 0 spiro atoms. The van der Waals surface area contributed by atoms with E-state index in [1.165, 1.54) is 0 Å². The van der Waals surface area contributed by atoms with E-state index < -0.39 is 11.0 Å². The molecule has 0 saturated heterocycles. The predicted octanol–water partition coefficient (Wildman–Crippen LogP) is 7.40. The summed E-state index contributed by atoms with van der Waals surface area (Å²) >= 11 is 0. The van der Waals surface area contributed by atoms with E-state index in [1.54, 1.807) is 13.2 Å². The summed E-state index contributed by atoms with van der Waals surface area (Å²) < 4.78 is 32.7. The Morgan fingerprint density at radius 1 is 1.02 bits per heavy atom. The van der Waals surface area contributed by atoms with Crippen LogP contribution in [-0.2, 0) is 40.1 Å². The average Bonchev–Trinajstić information content (AvgIpc) is 3.42. The molecule has 1 heterocycles. The summed E-state index contributed by atoms with van der Waals surface area (Å²) in [7, 11) is -1.16. The quantitative estimate of drug-likeness (QED) is 0.158. The Morgan fingerprint density at radius 3 is 2.57 bits per heavy atom. The Bertz CT molecular complexity index is 1540. The molecule has 0 fully saturated rings. The minimum Gasteiger partial charge on any atom is -0.489 e. The second-order valence-electron chi connectivity index (χ2n) is 11.8. The van der Waals surface area contributed by atoms with E-state index in [4.69, 9.17) is 13.9 Å². The van der Waals surface area contributed by atoms with Crippen LogP contribution in [0.15, 0.2) is 71.3 Å². The van der Waals surface area contributed by atoms with Crippen LogP contribution in [0.2, 0.25) is 0 Å². The van der Waals surface area contributed by atoms with Gasteiger partial charge in [0.15, 0.2) is 0 Å². The SMILES string of the molecule is CCOC(=O)Cc1ccc(NCC(C)C)cc1OCc1cc(-c2cccc(CNS(=O)C(C)(C)C)c2)c2occc2c1. The largest absolute Gasteiger partial charge is 0.489 e. The highest BCUT2D eigenvalue weighted by molar-refractivity contribution is 7.84. The minimum absolute atomic E-state index is 0.139. The molecule has 1 unspecified atom stereocenters. The number of benzene rings is 3. The molecule has 3 aromatic carbocycles. The van der Waals surface area contributed by atoms with Crippen LogP contribution < -0.4 is 14.8 Å². The van der Waals surface area contributed by atoms with E-state index in [0.29, 0.717) is 31.4 Å². The Hall–Kier alpha value is -3.62. The van der Waals surface area contributed by atoms with Crippen LogP contribution in [0.25, 0.3) is 22.1 Å². The van der Waals surface area contributed by atoms with Crippen LogP contribution >= 0.6 is 0 Å². The van der Waals surface area contributed by atoms with Crippen LogP contribution in [0.3, 0.4) is 0 Å². The van der Waals surface area contributed by atoms with Crippen molar-refractivity contribution in [3.05, 3.63) is 83.6 Å². The number of carbonyl (C=O) groups is 1. The fraction of sp³-hybridized carbons (Fsp3) is 0.382. The number of hydrogen-bond donors (Lipinski definition) is 2. The molecule has 0 aliphatic heterocycles. The van der Waals surface area contributed by atoms with Crippen LogP contribution in [0.5, 0.6) is 5.75 Å². The number of furan rings is 1. The molecule has 4 aromatic rings. The van der Waals surface area contributed by atoms with Crippen molar-refractivity contribution in [3.63, 3.8) is 0 Å². The molecule has 0 aliphatic carbocycles. The lowest BCUT2D eigenvalue weighted by atomic mass is 9.99. The molecule has 8 heteroatoms. The summed E-state index contributed by atoms with van der Waals surface area (Å²) in [4.78, 5) is 12.3. The third kappa shape index (κ3) is 8.46. The van der Waals surface area contributed by atoms with Gasteiger partial charge in [0.25, 0.3) is 0 Å². The smallest absolute Gasteiger partial charge is 0.310 e. The van der Waals surface area contributed by atoms with E-state index in [2.05, 4.69) is 42.1 Å². The third-order valence-electron chi connectivity index (χ3n) is 6.63. The van der Waals surface area contributed by atoms with Crippen LogP contribution in [0, 0.1) is 5.92 Å². The molecule has 1 atom stereocenters. The molecule has 0 bridgehead atoms. The van der Waals surface area contributed by atoms with Crippen molar-refractivity contribution in [3.8, 4) is 16.9 Å². The first kappa shape index (κ1) is 31.3. The first-order valence-electron chi connectivity index (χ1n) is 14.4. The summed E-state index contributed by atoms with van der Waals surface area (Å²) in [6.45, 7) is 13.9. The fourth-order valence-electron chi connectivity index (χ4n) is 4.45. The summed E-state index contributed by atoms with van der Waals surface area (Å²) in [6, 6.07) is 20.1. The van der Waals surface area contributed by atoms with Gasteiger partial charge in [-0.2, -0.15) is 0 Å². The topological polar surface area (TPSA) is 89.8 Å². The maximum absolute atomic E-state index is 12.5. The summed E-state index contributed by atoms with van der Waals surface area (Å²) in [5.74, 6) is 0.849. The van der Waals surface area contributed by atoms with Gasteiger partial charge in [0, 0.05) is 41.4 Å². The van der Waals surface area contributed by atoms with Gasteiger partial charge in [-0.15, -0.1) is 0 Å². The second-order valence-corrected chi connectivity index (χ2v) is 13.8. The number of nitrogens with one attached hydrogen (secondary N) is 2. The number of esters is 1. The average molecular weight is 591 g/mol. The molecular weight excluding hydrogens is 548 g/mol. The third-order valence-corrected chi connectivity index (χ3v) is 8.15. The summed E-state index contributed by atoms with van der Waals surface area (Å²) in [6.07, 6.45) is 1.83. The zero-order valence-electron chi connectivity index (χ0n) is 25.4. The van der Waals surface area contributed by atoms with Crippen molar-refractivity contribution in [2.45, 2.75) is 65.9 Å². The van der Waals surface area contributed by atoms with Gasteiger partial charge in [-0.25, -0.2) is 8.93 Å².